The number of nitrogens with zero attached hydrogens (tertiary/aromatic N) is 3. The molecular weight excluding hydrogens is 332 g/mol. The van der Waals surface area contributed by atoms with E-state index >= 15 is 0 Å². The highest BCUT2D eigenvalue weighted by molar-refractivity contribution is 5.93. The summed E-state index contributed by atoms with van der Waals surface area (Å²) in [6.45, 7) is 7.62. The fourth-order valence-electron chi connectivity index (χ4n) is 3.38. The van der Waals surface area contributed by atoms with Gasteiger partial charge in [0.05, 0.1) is 12.6 Å². The quantitative estimate of drug-likeness (QED) is 0.908. The molecule has 1 aliphatic rings. The van der Waals surface area contributed by atoms with Crippen molar-refractivity contribution in [2.45, 2.75) is 26.3 Å². The van der Waals surface area contributed by atoms with Crippen LogP contribution in [0.15, 0.2) is 35.3 Å². The smallest absolute Gasteiger partial charge is 0.263 e. The lowest BCUT2D eigenvalue weighted by Gasteiger charge is -2.48. The number of ether oxygens (including phenoxy) is 1. The molecule has 2 heterocycles. The lowest BCUT2D eigenvalue weighted by Crippen LogP contribution is -2.61. The number of piperazine rings is 1. The number of carbonyl (C=O) groups is 1. The molecule has 0 unspecified atom stereocenters. The highest BCUT2D eigenvalue weighted by atomic mass is 16.5. The molecule has 1 aromatic carbocycles. The van der Waals surface area contributed by atoms with Gasteiger partial charge < -0.3 is 19.5 Å². The molecule has 1 saturated heterocycles. The minimum absolute atomic E-state index is 0.0873. The van der Waals surface area contributed by atoms with E-state index in [9.17, 15) is 9.59 Å². The van der Waals surface area contributed by atoms with Crippen LogP contribution in [0.25, 0.3) is 0 Å². The molecule has 1 N–H and O–H groups in total. The number of hydrogen-bond acceptors (Lipinski definition) is 5. The van der Waals surface area contributed by atoms with Crippen molar-refractivity contribution in [1.82, 2.24) is 14.9 Å². The minimum Gasteiger partial charge on any atom is -0.497 e. The van der Waals surface area contributed by atoms with Crippen molar-refractivity contribution in [3.63, 3.8) is 0 Å². The fraction of sp³-hybridized carbons (Fsp3) is 0.421. The monoisotopic (exact) mass is 356 g/mol. The molecule has 26 heavy (non-hydrogen) atoms. The van der Waals surface area contributed by atoms with Gasteiger partial charge in [0.2, 0.25) is 0 Å². The molecule has 1 aromatic heterocycles. The van der Waals surface area contributed by atoms with Crippen LogP contribution in [0.5, 0.6) is 5.75 Å². The van der Waals surface area contributed by atoms with Crippen molar-refractivity contribution in [3.8, 4) is 5.75 Å². The van der Waals surface area contributed by atoms with Crippen molar-refractivity contribution >= 4 is 11.6 Å². The summed E-state index contributed by atoms with van der Waals surface area (Å²) in [5.74, 6) is 1.03. The van der Waals surface area contributed by atoms with Crippen molar-refractivity contribution in [2.24, 2.45) is 0 Å². The second-order valence-electron chi connectivity index (χ2n) is 7.10. The minimum atomic E-state index is -0.391. The maximum Gasteiger partial charge on any atom is 0.263 e. The third kappa shape index (κ3) is 3.42. The van der Waals surface area contributed by atoms with E-state index in [2.05, 4.69) is 28.7 Å². The van der Waals surface area contributed by atoms with E-state index in [0.717, 1.165) is 11.4 Å². The van der Waals surface area contributed by atoms with Crippen molar-refractivity contribution in [1.29, 1.82) is 0 Å². The highest BCUT2D eigenvalue weighted by Crippen LogP contribution is 2.29. The molecule has 0 aliphatic carbocycles. The SMILES string of the molecule is COc1ccc(N2CCN(C(=O)c3cnc(C)[nH]c3=O)CC2(C)C)cc1. The van der Waals surface area contributed by atoms with E-state index in [1.165, 1.54) is 6.20 Å². The zero-order valence-electron chi connectivity index (χ0n) is 15.6. The van der Waals surface area contributed by atoms with Crippen LogP contribution in [-0.2, 0) is 0 Å². The van der Waals surface area contributed by atoms with E-state index in [4.69, 9.17) is 4.74 Å². The lowest BCUT2D eigenvalue weighted by atomic mass is 9.97. The fourth-order valence-corrected chi connectivity index (χ4v) is 3.38. The lowest BCUT2D eigenvalue weighted by molar-refractivity contribution is 0.0684. The van der Waals surface area contributed by atoms with E-state index < -0.39 is 5.56 Å². The van der Waals surface area contributed by atoms with Crippen LogP contribution < -0.4 is 15.2 Å². The number of aromatic amines is 1. The van der Waals surface area contributed by atoms with Gasteiger partial charge in [0, 0.05) is 31.5 Å². The molecule has 1 amide bonds. The average Bonchev–Trinajstić information content (AvgIpc) is 2.60. The number of aryl methyl sites for hydroxylation is 1. The molecule has 7 nitrogen and oxygen atoms in total. The molecule has 0 radical (unpaired) electrons. The van der Waals surface area contributed by atoms with E-state index in [0.29, 0.717) is 25.5 Å². The zero-order valence-corrected chi connectivity index (χ0v) is 15.6. The van der Waals surface area contributed by atoms with Gasteiger partial charge in [-0.2, -0.15) is 0 Å². The summed E-state index contributed by atoms with van der Waals surface area (Å²) in [5.41, 5.74) is 0.507. The van der Waals surface area contributed by atoms with Gasteiger partial charge in [0.15, 0.2) is 0 Å². The molecule has 0 atom stereocenters. The molecule has 1 fully saturated rings. The summed E-state index contributed by atoms with van der Waals surface area (Å²) in [6.07, 6.45) is 1.36. The van der Waals surface area contributed by atoms with Gasteiger partial charge in [0.25, 0.3) is 11.5 Å². The number of hydrogen-bond donors (Lipinski definition) is 1. The summed E-state index contributed by atoms with van der Waals surface area (Å²) in [4.78, 5) is 35.5. The van der Waals surface area contributed by atoms with E-state index in [1.807, 2.05) is 24.3 Å². The number of methoxy groups -OCH3 is 1. The number of benzene rings is 1. The number of rotatable bonds is 3. The van der Waals surface area contributed by atoms with Crippen LogP contribution in [0.4, 0.5) is 5.69 Å². The Hall–Kier alpha value is -2.83. The first-order valence-corrected chi connectivity index (χ1v) is 8.59. The number of amides is 1. The van der Waals surface area contributed by atoms with Gasteiger partial charge in [0.1, 0.15) is 17.1 Å². The standard InChI is InChI=1S/C19H24N4O3/c1-13-20-11-16(17(24)21-13)18(25)22-9-10-23(19(2,3)12-22)14-5-7-15(26-4)8-6-14/h5-8,11H,9-10,12H2,1-4H3,(H,20,21,24). The average molecular weight is 356 g/mol. The first-order valence-electron chi connectivity index (χ1n) is 8.59. The largest absolute Gasteiger partial charge is 0.497 e. The van der Waals surface area contributed by atoms with Crippen LogP contribution in [-0.4, -0.2) is 53.1 Å². The third-order valence-electron chi connectivity index (χ3n) is 4.73. The summed E-state index contributed by atoms with van der Waals surface area (Å²) in [6, 6.07) is 7.90. The molecule has 3 rings (SSSR count). The second-order valence-corrected chi connectivity index (χ2v) is 7.10. The third-order valence-corrected chi connectivity index (χ3v) is 4.73. The predicted octanol–water partition coefficient (Wildman–Crippen LogP) is 1.83. The molecule has 0 bridgehead atoms. The molecule has 0 spiro atoms. The van der Waals surface area contributed by atoms with Crippen LogP contribution in [0.1, 0.15) is 30.0 Å². The van der Waals surface area contributed by atoms with Gasteiger partial charge in [-0.05, 0) is 45.0 Å². The normalized spacial score (nSPS) is 16.5. The van der Waals surface area contributed by atoms with Crippen LogP contribution in [0, 0.1) is 6.92 Å². The molecule has 1 aliphatic heterocycles. The summed E-state index contributed by atoms with van der Waals surface area (Å²) < 4.78 is 5.22. The van der Waals surface area contributed by atoms with Gasteiger partial charge >= 0.3 is 0 Å². The Bertz CT molecular complexity index is 858. The Labute approximate surface area is 152 Å². The molecular formula is C19H24N4O3. The Morgan fingerprint density at radius 1 is 1.23 bits per heavy atom. The Kier molecular flexibility index (Phi) is 4.71. The molecule has 138 valence electrons. The molecule has 0 saturated carbocycles. The second kappa shape index (κ2) is 6.82. The van der Waals surface area contributed by atoms with Gasteiger partial charge in [-0.15, -0.1) is 0 Å². The van der Waals surface area contributed by atoms with Crippen LogP contribution in [0.3, 0.4) is 0 Å². The summed E-state index contributed by atoms with van der Waals surface area (Å²) >= 11 is 0. The first-order chi connectivity index (χ1) is 12.3. The van der Waals surface area contributed by atoms with Gasteiger partial charge in [-0.1, -0.05) is 0 Å². The first kappa shape index (κ1) is 18.0. The maximum atomic E-state index is 12.8. The van der Waals surface area contributed by atoms with Gasteiger partial charge in [-0.3, -0.25) is 9.59 Å². The number of H-pyrrole nitrogens is 1. The van der Waals surface area contributed by atoms with E-state index in [1.54, 1.807) is 18.9 Å². The van der Waals surface area contributed by atoms with Gasteiger partial charge in [-0.25, -0.2) is 4.98 Å². The number of anilines is 1. The van der Waals surface area contributed by atoms with Crippen LogP contribution >= 0.6 is 0 Å². The van der Waals surface area contributed by atoms with E-state index in [-0.39, 0.29) is 17.0 Å². The Morgan fingerprint density at radius 3 is 2.50 bits per heavy atom. The Balaban J connectivity index is 1.79. The number of carbonyl (C=O) groups excluding carboxylic acids is 1. The topological polar surface area (TPSA) is 78.5 Å². The highest BCUT2D eigenvalue weighted by Gasteiger charge is 2.36. The van der Waals surface area contributed by atoms with Crippen LogP contribution in [0.2, 0.25) is 0 Å². The number of nitrogens with one attached hydrogen (secondary N) is 1. The van der Waals surface area contributed by atoms with Crippen molar-refractivity contribution in [2.75, 3.05) is 31.6 Å². The number of aromatic nitrogens is 2. The molecule has 7 heteroatoms. The van der Waals surface area contributed by atoms with Crippen molar-refractivity contribution < 1.29 is 9.53 Å². The Morgan fingerprint density at radius 2 is 1.92 bits per heavy atom. The predicted molar refractivity (Wildman–Crippen MR) is 99.9 cm³/mol. The summed E-state index contributed by atoms with van der Waals surface area (Å²) in [5, 5.41) is 0. The maximum absolute atomic E-state index is 12.8. The summed E-state index contributed by atoms with van der Waals surface area (Å²) in [7, 11) is 1.64. The molecule has 2 aromatic rings. The zero-order chi connectivity index (χ0) is 18.9. The van der Waals surface area contributed by atoms with Crippen molar-refractivity contribution in [3.05, 3.63) is 52.2 Å².